The predicted octanol–water partition coefficient (Wildman–Crippen LogP) is 9.56. The first kappa shape index (κ1) is 47.2. The number of ether oxygens (including phenoxy) is 2. The molecule has 2 amide bonds. The first-order valence-corrected chi connectivity index (χ1v) is 26.8. The van der Waals surface area contributed by atoms with E-state index >= 15 is 0 Å². The van der Waals surface area contributed by atoms with Crippen LogP contribution in [0.3, 0.4) is 0 Å². The minimum Gasteiger partial charge on any atom is -0.381 e. The highest BCUT2D eigenvalue weighted by Gasteiger charge is 2.51. The number of hydrogen-bond acceptors (Lipinski definition) is 8. The van der Waals surface area contributed by atoms with Gasteiger partial charge in [0.1, 0.15) is 0 Å². The fourth-order valence-electron chi connectivity index (χ4n) is 13.8. The van der Waals surface area contributed by atoms with Crippen LogP contribution in [0.5, 0.6) is 0 Å². The van der Waals surface area contributed by atoms with Crippen LogP contribution in [0.15, 0.2) is 24.5 Å². The number of hydrogen-bond donors (Lipinski definition) is 2. The van der Waals surface area contributed by atoms with Crippen LogP contribution in [0, 0.1) is 22.7 Å². The van der Waals surface area contributed by atoms with E-state index in [1.54, 1.807) is 0 Å². The van der Waals surface area contributed by atoms with Crippen LogP contribution in [0.1, 0.15) is 195 Å². The molecule has 6 heterocycles. The molecule has 10 heteroatoms. The van der Waals surface area contributed by atoms with Crippen LogP contribution in [0.2, 0.25) is 0 Å². The zero-order valence-corrected chi connectivity index (χ0v) is 40.9. The lowest BCUT2D eigenvalue weighted by atomic mass is 9.74. The first-order chi connectivity index (χ1) is 31.6. The smallest absolute Gasteiger partial charge is 0.229 e. The van der Waals surface area contributed by atoms with Crippen molar-refractivity contribution in [1.82, 2.24) is 30.4 Å². The number of nitrogens with one attached hydrogen (secondary N) is 2. The third kappa shape index (κ3) is 10.6. The Labute approximate surface area is 391 Å². The molecule has 65 heavy (non-hydrogen) atoms. The van der Waals surface area contributed by atoms with Crippen LogP contribution < -0.4 is 10.6 Å². The first-order valence-electron chi connectivity index (χ1n) is 26.8. The Hall–Kier alpha value is -2.92. The lowest BCUT2D eigenvalue weighted by molar-refractivity contribution is -0.146. The molecule has 2 N–H and O–H groups in total. The highest BCUT2D eigenvalue weighted by atomic mass is 16.5. The van der Waals surface area contributed by atoms with Crippen molar-refractivity contribution in [3.8, 4) is 0 Å². The van der Waals surface area contributed by atoms with Crippen LogP contribution in [-0.4, -0.2) is 95.3 Å². The van der Waals surface area contributed by atoms with Gasteiger partial charge in [-0.05, 0) is 136 Å². The summed E-state index contributed by atoms with van der Waals surface area (Å²) in [7, 11) is 0. The van der Waals surface area contributed by atoms with E-state index in [4.69, 9.17) is 19.4 Å². The molecule has 2 aromatic rings. The summed E-state index contributed by atoms with van der Waals surface area (Å²) in [6, 6.07) is 6.78. The Morgan fingerprint density at radius 1 is 0.569 bits per heavy atom. The molecule has 4 saturated carbocycles. The Balaban J connectivity index is 0.000000164. The quantitative estimate of drug-likeness (QED) is 0.243. The standard InChI is InChI=1S/C28H43N3O2.C27H41N3O2/c1-20(2)28(12-8-25(17-28)30-24-10-14-33-15-11-24)27(32)31-13-9-26-23(19-31)16-22(18-29-26)21-6-4-3-5-7-21;1-19(2)27(11-7-24(16-27)29-23-9-13-32-14-10-23)26(31)30-12-8-25-22(18-30)15-21(17-28-25)20-5-3-4-6-20/h16,18,20-21,24-25,30H,3-15,17,19H2,1-2H3;15,17,19-20,23-24,29H,3-14,16,18H2,1-2H3/t25-,28+;24-,27+/m11/s1. The largest absolute Gasteiger partial charge is 0.381 e. The maximum atomic E-state index is 14.1. The Kier molecular flexibility index (Phi) is 15.4. The summed E-state index contributed by atoms with van der Waals surface area (Å²) in [5, 5.41) is 7.76. The molecule has 0 bridgehead atoms. The average Bonchev–Trinajstić information content (AvgIpc) is 4.14. The lowest BCUT2D eigenvalue weighted by Gasteiger charge is -2.40. The molecular weight excluding hydrogens is 809 g/mol. The zero-order chi connectivity index (χ0) is 45.0. The van der Waals surface area contributed by atoms with Gasteiger partial charge in [-0.3, -0.25) is 19.6 Å². The molecule has 0 unspecified atom stereocenters. The van der Waals surface area contributed by atoms with E-state index in [-0.39, 0.29) is 10.8 Å². The van der Waals surface area contributed by atoms with E-state index in [9.17, 15) is 9.59 Å². The van der Waals surface area contributed by atoms with Crippen molar-refractivity contribution >= 4 is 11.8 Å². The summed E-state index contributed by atoms with van der Waals surface area (Å²) in [6.07, 6.45) is 28.5. The maximum Gasteiger partial charge on any atom is 0.229 e. The van der Waals surface area contributed by atoms with Crippen molar-refractivity contribution in [2.45, 2.75) is 212 Å². The van der Waals surface area contributed by atoms with E-state index in [0.717, 1.165) is 130 Å². The highest BCUT2D eigenvalue weighted by Crippen LogP contribution is 2.48. The number of aromatic nitrogens is 2. The summed E-state index contributed by atoms with van der Waals surface area (Å²) >= 11 is 0. The number of amides is 2. The number of carbonyl (C=O) groups is 2. The Morgan fingerprint density at radius 3 is 1.37 bits per heavy atom. The van der Waals surface area contributed by atoms with E-state index in [1.165, 1.54) is 91.4 Å². The van der Waals surface area contributed by atoms with Crippen molar-refractivity contribution in [2.24, 2.45) is 22.7 Å². The third-order valence-corrected chi connectivity index (χ3v) is 18.1. The van der Waals surface area contributed by atoms with Gasteiger partial charge in [0.05, 0.1) is 10.8 Å². The molecule has 358 valence electrons. The second-order valence-electron chi connectivity index (χ2n) is 22.6. The summed E-state index contributed by atoms with van der Waals surface area (Å²) in [4.78, 5) is 42.1. The van der Waals surface area contributed by atoms with Gasteiger partial charge in [-0.25, -0.2) is 0 Å². The third-order valence-electron chi connectivity index (χ3n) is 18.1. The van der Waals surface area contributed by atoms with Gasteiger partial charge in [0.15, 0.2) is 0 Å². The molecule has 8 aliphatic rings. The summed E-state index contributed by atoms with van der Waals surface area (Å²) in [5.74, 6) is 2.84. The number of fused-ring (bicyclic) bond motifs is 2. The monoisotopic (exact) mass is 893 g/mol. The number of nitrogens with zero attached hydrogens (tertiary/aromatic N) is 4. The highest BCUT2D eigenvalue weighted by molar-refractivity contribution is 5.84. The fourth-order valence-corrected chi connectivity index (χ4v) is 13.8. The molecule has 4 aliphatic heterocycles. The van der Waals surface area contributed by atoms with E-state index in [0.29, 0.717) is 59.7 Å². The minimum atomic E-state index is -0.227. The molecule has 10 nitrogen and oxygen atoms in total. The second-order valence-corrected chi connectivity index (χ2v) is 22.6. The number of carbonyl (C=O) groups excluding carboxylic acids is 2. The van der Waals surface area contributed by atoms with Crippen LogP contribution >= 0.6 is 0 Å². The molecule has 10 rings (SSSR count). The van der Waals surface area contributed by atoms with Gasteiger partial charge in [-0.1, -0.05) is 71.9 Å². The SMILES string of the molecule is CC(C)[C@]1(C(=O)N2CCc3ncc(C4CCCC4)cc3C2)CC[C@@H](NC2CCOCC2)C1.CC(C)[C@]1(C(=O)N2CCc3ncc(C4CCCCC4)cc3C2)CC[C@@H](NC2CCOCC2)C1. The number of rotatable bonds is 10. The molecule has 4 aliphatic carbocycles. The topological polar surface area (TPSA) is 109 Å². The predicted molar refractivity (Wildman–Crippen MR) is 258 cm³/mol. The van der Waals surface area contributed by atoms with Crippen LogP contribution in [0.4, 0.5) is 0 Å². The van der Waals surface area contributed by atoms with Gasteiger partial charge in [-0.2, -0.15) is 0 Å². The van der Waals surface area contributed by atoms with Gasteiger partial charge >= 0.3 is 0 Å². The molecule has 0 aromatic carbocycles. The Bertz CT molecular complexity index is 1910. The second kappa shape index (κ2) is 21.2. The van der Waals surface area contributed by atoms with Gasteiger partial charge < -0.3 is 29.9 Å². The maximum absolute atomic E-state index is 14.1. The summed E-state index contributed by atoms with van der Waals surface area (Å²) in [6.45, 7) is 15.6. The van der Waals surface area contributed by atoms with Crippen molar-refractivity contribution in [2.75, 3.05) is 39.5 Å². The zero-order valence-electron chi connectivity index (χ0n) is 40.9. The molecule has 2 aromatic heterocycles. The lowest BCUT2D eigenvalue weighted by Crippen LogP contribution is -2.49. The molecule has 0 spiro atoms. The van der Waals surface area contributed by atoms with Crippen LogP contribution in [0.25, 0.3) is 0 Å². The molecule has 2 saturated heterocycles. The van der Waals surface area contributed by atoms with Crippen LogP contribution in [-0.2, 0) is 45.0 Å². The van der Waals surface area contributed by atoms with Crippen molar-refractivity contribution in [3.05, 3.63) is 58.2 Å². The van der Waals surface area contributed by atoms with E-state index in [1.807, 2.05) is 0 Å². The Morgan fingerprint density at radius 2 is 0.969 bits per heavy atom. The van der Waals surface area contributed by atoms with E-state index in [2.05, 4.69) is 72.7 Å². The van der Waals surface area contributed by atoms with Gasteiger partial charge in [-0.15, -0.1) is 0 Å². The van der Waals surface area contributed by atoms with Gasteiger partial charge in [0, 0.05) is 113 Å². The number of pyridine rings is 2. The normalized spacial score (nSPS) is 29.5. The molecule has 0 radical (unpaired) electrons. The molecule has 6 fully saturated rings. The molecule has 4 atom stereocenters. The fraction of sp³-hybridized carbons (Fsp3) is 0.782. The minimum absolute atomic E-state index is 0.225. The summed E-state index contributed by atoms with van der Waals surface area (Å²) in [5.41, 5.74) is 7.36. The van der Waals surface area contributed by atoms with E-state index < -0.39 is 0 Å². The van der Waals surface area contributed by atoms with Crippen molar-refractivity contribution in [1.29, 1.82) is 0 Å². The van der Waals surface area contributed by atoms with Gasteiger partial charge in [0.2, 0.25) is 11.8 Å². The van der Waals surface area contributed by atoms with Crippen molar-refractivity contribution in [3.63, 3.8) is 0 Å². The van der Waals surface area contributed by atoms with Crippen molar-refractivity contribution < 1.29 is 19.1 Å². The molecular formula is C55H84N6O4. The van der Waals surface area contributed by atoms with Gasteiger partial charge in [0.25, 0.3) is 0 Å². The average molecular weight is 893 g/mol. The summed E-state index contributed by atoms with van der Waals surface area (Å²) < 4.78 is 11.1.